The van der Waals surface area contributed by atoms with E-state index >= 15 is 0 Å². The molecular formula is C31H39N3O5S. The summed E-state index contributed by atoms with van der Waals surface area (Å²) in [6.07, 6.45) is 0. The fourth-order valence-corrected chi connectivity index (χ4v) is 5.48. The van der Waals surface area contributed by atoms with Gasteiger partial charge in [-0.15, -0.1) is 0 Å². The molecule has 2 amide bonds. The molecule has 9 heteroatoms. The topological polar surface area (TPSA) is 96.0 Å². The Morgan fingerprint density at radius 2 is 1.52 bits per heavy atom. The lowest BCUT2D eigenvalue weighted by Gasteiger charge is -2.32. The van der Waals surface area contributed by atoms with Gasteiger partial charge in [0.25, 0.3) is 10.0 Å². The molecule has 214 valence electrons. The second kappa shape index (κ2) is 14.0. The molecule has 3 aromatic carbocycles. The second-order valence-electron chi connectivity index (χ2n) is 10.1. The number of rotatable bonds is 13. The zero-order valence-electron chi connectivity index (χ0n) is 23.8. The van der Waals surface area contributed by atoms with Gasteiger partial charge in [0, 0.05) is 13.1 Å². The van der Waals surface area contributed by atoms with Crippen LogP contribution in [0.2, 0.25) is 0 Å². The number of hydrogen-bond acceptors (Lipinski definition) is 5. The van der Waals surface area contributed by atoms with Crippen molar-refractivity contribution in [2.75, 3.05) is 24.0 Å². The lowest BCUT2D eigenvalue weighted by Crippen LogP contribution is -2.51. The molecule has 0 heterocycles. The van der Waals surface area contributed by atoms with Gasteiger partial charge in [-0.25, -0.2) is 8.42 Å². The Labute approximate surface area is 238 Å². The van der Waals surface area contributed by atoms with Crippen molar-refractivity contribution in [3.8, 4) is 5.75 Å². The summed E-state index contributed by atoms with van der Waals surface area (Å²) >= 11 is 0. The van der Waals surface area contributed by atoms with Crippen molar-refractivity contribution in [1.82, 2.24) is 10.2 Å². The molecule has 0 radical (unpaired) electrons. The van der Waals surface area contributed by atoms with Crippen LogP contribution in [0, 0.1) is 12.8 Å². The predicted molar refractivity (Wildman–Crippen MR) is 158 cm³/mol. The summed E-state index contributed by atoms with van der Waals surface area (Å²) in [6.45, 7) is 10.1. The number of sulfonamides is 1. The van der Waals surface area contributed by atoms with Crippen LogP contribution in [0.4, 0.5) is 5.69 Å². The number of benzene rings is 3. The van der Waals surface area contributed by atoms with Gasteiger partial charge < -0.3 is 15.0 Å². The van der Waals surface area contributed by atoms with E-state index in [1.165, 1.54) is 17.0 Å². The van der Waals surface area contributed by atoms with E-state index in [2.05, 4.69) is 5.32 Å². The Bertz CT molecular complexity index is 1360. The summed E-state index contributed by atoms with van der Waals surface area (Å²) in [7, 11) is -4.11. The maximum absolute atomic E-state index is 13.9. The summed E-state index contributed by atoms with van der Waals surface area (Å²) < 4.78 is 34.2. The average molecular weight is 566 g/mol. The molecule has 0 spiro atoms. The molecule has 3 aromatic rings. The molecule has 8 nitrogen and oxygen atoms in total. The average Bonchev–Trinajstić information content (AvgIpc) is 2.95. The number of nitrogens with one attached hydrogen (secondary N) is 1. The molecule has 0 aromatic heterocycles. The Hall–Kier alpha value is -3.85. The smallest absolute Gasteiger partial charge is 0.264 e. The molecule has 40 heavy (non-hydrogen) atoms. The van der Waals surface area contributed by atoms with Crippen LogP contribution in [-0.4, -0.2) is 50.9 Å². The zero-order valence-corrected chi connectivity index (χ0v) is 24.6. The summed E-state index contributed by atoms with van der Waals surface area (Å²) in [5.74, 6) is 0.0310. The van der Waals surface area contributed by atoms with Crippen LogP contribution in [0.3, 0.4) is 0 Å². The van der Waals surface area contributed by atoms with Gasteiger partial charge in [-0.3, -0.25) is 13.9 Å². The SMILES string of the molecule is CCOc1ccc(N(CC(=O)N(Cc2ccc(C)cc2)C(C)C(=O)NCC(C)C)S(=O)(=O)c2ccccc2)cc1. The van der Waals surface area contributed by atoms with Gasteiger partial charge in [-0.2, -0.15) is 0 Å². The standard InChI is InChI=1S/C31H39N3O5S/c1-6-39-28-18-16-27(17-19-28)34(40(37,38)29-10-8-7-9-11-29)22-30(35)33(21-26-14-12-24(4)13-15-26)25(5)31(36)32-20-23(2)3/h7-19,23,25H,6,20-22H2,1-5H3,(H,32,36). The highest BCUT2D eigenvalue weighted by Gasteiger charge is 2.32. The van der Waals surface area contributed by atoms with E-state index in [4.69, 9.17) is 4.74 Å². The lowest BCUT2D eigenvalue weighted by atomic mass is 10.1. The fourth-order valence-electron chi connectivity index (χ4n) is 4.05. The van der Waals surface area contributed by atoms with Crippen LogP contribution in [-0.2, 0) is 26.2 Å². The molecule has 0 aliphatic rings. The van der Waals surface area contributed by atoms with Crippen LogP contribution < -0.4 is 14.4 Å². The molecule has 1 atom stereocenters. The summed E-state index contributed by atoms with van der Waals surface area (Å²) in [6, 6.07) is 21.4. The normalized spacial score (nSPS) is 12.1. The Kier molecular flexibility index (Phi) is 10.7. The quantitative estimate of drug-likeness (QED) is 0.322. The molecule has 0 saturated carbocycles. The highest BCUT2D eigenvalue weighted by molar-refractivity contribution is 7.92. The van der Waals surface area contributed by atoms with Crippen LogP contribution in [0.1, 0.15) is 38.8 Å². The highest BCUT2D eigenvalue weighted by Crippen LogP contribution is 2.26. The third-order valence-electron chi connectivity index (χ3n) is 6.37. The minimum atomic E-state index is -4.11. The van der Waals surface area contributed by atoms with Gasteiger partial charge in [0.1, 0.15) is 18.3 Å². The van der Waals surface area contributed by atoms with Gasteiger partial charge in [0.2, 0.25) is 11.8 Å². The van der Waals surface area contributed by atoms with Gasteiger partial charge in [-0.1, -0.05) is 61.9 Å². The molecule has 0 aliphatic carbocycles. The van der Waals surface area contributed by atoms with Crippen molar-refractivity contribution >= 4 is 27.5 Å². The van der Waals surface area contributed by atoms with Gasteiger partial charge in [0.15, 0.2) is 0 Å². The van der Waals surface area contributed by atoms with Gasteiger partial charge in [0.05, 0.1) is 17.2 Å². The zero-order chi connectivity index (χ0) is 29.3. The van der Waals surface area contributed by atoms with Crippen LogP contribution in [0.25, 0.3) is 0 Å². The maximum Gasteiger partial charge on any atom is 0.264 e. The highest BCUT2D eigenvalue weighted by atomic mass is 32.2. The monoisotopic (exact) mass is 565 g/mol. The number of hydrogen-bond donors (Lipinski definition) is 1. The number of aryl methyl sites for hydroxylation is 1. The summed E-state index contributed by atoms with van der Waals surface area (Å²) in [5.41, 5.74) is 2.22. The number of nitrogens with zero attached hydrogens (tertiary/aromatic N) is 2. The van der Waals surface area contributed by atoms with E-state index in [-0.39, 0.29) is 23.3 Å². The Morgan fingerprint density at radius 3 is 2.10 bits per heavy atom. The van der Waals surface area contributed by atoms with Crippen LogP contribution in [0.15, 0.2) is 83.8 Å². The lowest BCUT2D eigenvalue weighted by molar-refractivity contribution is -0.139. The van der Waals surface area contributed by atoms with E-state index < -0.39 is 28.5 Å². The van der Waals surface area contributed by atoms with Crippen LogP contribution in [0.5, 0.6) is 5.75 Å². The van der Waals surface area contributed by atoms with Crippen molar-refractivity contribution in [2.24, 2.45) is 5.92 Å². The third kappa shape index (κ3) is 8.08. The minimum absolute atomic E-state index is 0.0597. The first-order valence-corrected chi connectivity index (χ1v) is 14.9. The molecule has 3 rings (SSSR count). The van der Waals surface area contributed by atoms with E-state index in [1.54, 1.807) is 49.4 Å². The second-order valence-corrected chi connectivity index (χ2v) is 11.9. The molecule has 1 unspecified atom stereocenters. The third-order valence-corrected chi connectivity index (χ3v) is 8.16. The predicted octanol–water partition coefficient (Wildman–Crippen LogP) is 4.78. The van der Waals surface area contributed by atoms with Gasteiger partial charge in [-0.05, 0) is 68.7 Å². The van der Waals surface area contributed by atoms with Crippen molar-refractivity contribution < 1.29 is 22.7 Å². The number of ether oxygens (including phenoxy) is 1. The van der Waals surface area contributed by atoms with E-state index in [1.807, 2.05) is 52.0 Å². The van der Waals surface area contributed by atoms with Crippen molar-refractivity contribution in [3.63, 3.8) is 0 Å². The largest absolute Gasteiger partial charge is 0.494 e. The molecule has 0 saturated heterocycles. The van der Waals surface area contributed by atoms with Gasteiger partial charge >= 0.3 is 0 Å². The first kappa shape index (κ1) is 30.7. The van der Waals surface area contributed by atoms with Crippen LogP contribution >= 0.6 is 0 Å². The van der Waals surface area contributed by atoms with E-state index in [0.717, 1.165) is 15.4 Å². The first-order valence-electron chi connectivity index (χ1n) is 13.5. The molecule has 1 N–H and O–H groups in total. The minimum Gasteiger partial charge on any atom is -0.494 e. The van der Waals surface area contributed by atoms with Crippen molar-refractivity contribution in [2.45, 2.75) is 52.1 Å². The summed E-state index contributed by atoms with van der Waals surface area (Å²) in [4.78, 5) is 28.5. The molecule has 0 fully saturated rings. The summed E-state index contributed by atoms with van der Waals surface area (Å²) in [5, 5.41) is 2.89. The Morgan fingerprint density at radius 1 is 0.900 bits per heavy atom. The van der Waals surface area contributed by atoms with E-state index in [0.29, 0.717) is 24.6 Å². The molecule has 0 bridgehead atoms. The van der Waals surface area contributed by atoms with Crippen molar-refractivity contribution in [1.29, 1.82) is 0 Å². The number of amides is 2. The molecule has 0 aliphatic heterocycles. The maximum atomic E-state index is 13.9. The number of anilines is 1. The van der Waals surface area contributed by atoms with E-state index in [9.17, 15) is 18.0 Å². The first-order chi connectivity index (χ1) is 19.0. The Balaban J connectivity index is 1.99. The number of carbonyl (C=O) groups is 2. The molecular weight excluding hydrogens is 526 g/mol. The fraction of sp³-hybridized carbons (Fsp3) is 0.355. The van der Waals surface area contributed by atoms with Crippen molar-refractivity contribution in [3.05, 3.63) is 90.0 Å². The number of carbonyl (C=O) groups excluding carboxylic acids is 2.